The third kappa shape index (κ3) is 2.14. The first kappa shape index (κ1) is 12.0. The van der Waals surface area contributed by atoms with Crippen molar-refractivity contribution in [2.24, 2.45) is 0 Å². The van der Waals surface area contributed by atoms with Crippen molar-refractivity contribution < 1.29 is 0 Å². The highest BCUT2D eigenvalue weighted by Crippen LogP contribution is 2.27. The summed E-state index contributed by atoms with van der Waals surface area (Å²) >= 11 is 6.15. The first-order valence-electron chi connectivity index (χ1n) is 6.45. The highest BCUT2D eigenvalue weighted by atomic mass is 35.5. The minimum absolute atomic E-state index is 0.522. The predicted molar refractivity (Wildman–Crippen MR) is 76.4 cm³/mol. The van der Waals surface area contributed by atoms with Crippen LogP contribution in [0, 0.1) is 6.92 Å². The Morgan fingerprint density at radius 1 is 1.33 bits per heavy atom. The number of aromatic amines is 1. The van der Waals surface area contributed by atoms with Crippen LogP contribution in [0.3, 0.4) is 0 Å². The summed E-state index contributed by atoms with van der Waals surface area (Å²) in [6, 6.07) is 4.63. The summed E-state index contributed by atoms with van der Waals surface area (Å²) in [6.07, 6.45) is 3.17. The van der Waals surface area contributed by atoms with Crippen LogP contribution < -0.4 is 10.6 Å². The molecule has 0 radical (unpaired) electrons. The second-order valence-corrected chi connectivity index (χ2v) is 5.38. The van der Waals surface area contributed by atoms with E-state index in [2.05, 4.69) is 34.8 Å². The third-order valence-corrected chi connectivity index (χ3v) is 4.14. The lowest BCUT2D eigenvalue weighted by Crippen LogP contribution is -2.49. The van der Waals surface area contributed by atoms with Crippen molar-refractivity contribution in [3.8, 4) is 0 Å². The van der Waals surface area contributed by atoms with Crippen LogP contribution in [0.1, 0.15) is 11.1 Å². The highest BCUT2D eigenvalue weighted by Gasteiger charge is 2.15. The van der Waals surface area contributed by atoms with Gasteiger partial charge in [0, 0.05) is 42.3 Å². The Balaban J connectivity index is 1.90. The van der Waals surface area contributed by atoms with Crippen LogP contribution in [-0.4, -0.2) is 30.7 Å². The highest BCUT2D eigenvalue weighted by molar-refractivity contribution is 6.32. The quantitative estimate of drug-likeness (QED) is 0.778. The number of hydrogen-bond acceptors (Lipinski definition) is 2. The molecule has 0 bridgehead atoms. The largest absolute Gasteiger partial charge is 0.361 e. The molecule has 2 aromatic rings. The van der Waals surface area contributed by atoms with Crippen molar-refractivity contribution in [1.82, 2.24) is 15.6 Å². The molecule has 2 heterocycles. The van der Waals surface area contributed by atoms with Crippen molar-refractivity contribution in [2.75, 3.05) is 19.6 Å². The molecule has 3 N–H and O–H groups in total. The summed E-state index contributed by atoms with van der Waals surface area (Å²) in [4.78, 5) is 3.35. The van der Waals surface area contributed by atoms with E-state index in [4.69, 9.17) is 11.6 Å². The van der Waals surface area contributed by atoms with Crippen LogP contribution in [0.25, 0.3) is 10.9 Å². The number of hydrogen-bond donors (Lipinski definition) is 3. The van der Waals surface area contributed by atoms with E-state index < -0.39 is 0 Å². The smallest absolute Gasteiger partial charge is 0.0501 e. The molecule has 0 amide bonds. The Hall–Kier alpha value is -1.03. The van der Waals surface area contributed by atoms with Gasteiger partial charge in [-0.3, -0.25) is 0 Å². The normalized spacial score (nSPS) is 20.4. The molecule has 1 aromatic carbocycles. The van der Waals surface area contributed by atoms with Gasteiger partial charge in [0.15, 0.2) is 0 Å². The van der Waals surface area contributed by atoms with Crippen molar-refractivity contribution >= 4 is 22.5 Å². The molecule has 4 heteroatoms. The van der Waals surface area contributed by atoms with E-state index in [1.807, 2.05) is 6.07 Å². The van der Waals surface area contributed by atoms with E-state index in [9.17, 15) is 0 Å². The van der Waals surface area contributed by atoms with Gasteiger partial charge < -0.3 is 15.6 Å². The summed E-state index contributed by atoms with van der Waals surface area (Å²) in [7, 11) is 0. The van der Waals surface area contributed by atoms with E-state index in [1.54, 1.807) is 0 Å². The Bertz CT molecular complexity index is 555. The first-order chi connectivity index (χ1) is 8.75. The van der Waals surface area contributed by atoms with Crippen molar-refractivity contribution in [1.29, 1.82) is 0 Å². The Morgan fingerprint density at radius 2 is 2.22 bits per heavy atom. The summed E-state index contributed by atoms with van der Waals surface area (Å²) < 4.78 is 0. The standard InChI is InChI=1S/C14H18ClN3/c1-9-13(15)3-2-12-10(7-18-14(9)12)6-11-8-16-4-5-17-11/h2-3,7,11,16-18H,4-6,8H2,1H3. The molecule has 0 aliphatic carbocycles. The van der Waals surface area contributed by atoms with Gasteiger partial charge in [0.25, 0.3) is 0 Å². The molecule has 0 saturated carbocycles. The fraction of sp³-hybridized carbons (Fsp3) is 0.429. The molecule has 1 aliphatic rings. The SMILES string of the molecule is Cc1c(Cl)ccc2c(CC3CNCCN3)c[nH]c12. The van der Waals surface area contributed by atoms with Gasteiger partial charge in [-0.15, -0.1) is 0 Å². The topological polar surface area (TPSA) is 39.8 Å². The molecule has 0 spiro atoms. The molecule has 1 aliphatic heterocycles. The molecule has 1 saturated heterocycles. The van der Waals surface area contributed by atoms with Gasteiger partial charge in [-0.05, 0) is 30.5 Å². The number of aromatic nitrogens is 1. The van der Waals surface area contributed by atoms with Crippen molar-refractivity contribution in [3.05, 3.63) is 34.5 Å². The van der Waals surface area contributed by atoms with Gasteiger partial charge >= 0.3 is 0 Å². The van der Waals surface area contributed by atoms with Gasteiger partial charge in [0.2, 0.25) is 0 Å². The minimum Gasteiger partial charge on any atom is -0.361 e. The number of fused-ring (bicyclic) bond motifs is 1. The number of benzene rings is 1. The summed E-state index contributed by atoms with van der Waals surface area (Å²) in [5.41, 5.74) is 3.67. The predicted octanol–water partition coefficient (Wildman–Crippen LogP) is 2.23. The maximum atomic E-state index is 6.15. The van der Waals surface area contributed by atoms with E-state index in [-0.39, 0.29) is 0 Å². The van der Waals surface area contributed by atoms with Crippen LogP contribution in [-0.2, 0) is 6.42 Å². The first-order valence-corrected chi connectivity index (χ1v) is 6.82. The van der Waals surface area contributed by atoms with E-state index >= 15 is 0 Å². The average molecular weight is 264 g/mol. The number of H-pyrrole nitrogens is 1. The minimum atomic E-state index is 0.522. The lowest BCUT2D eigenvalue weighted by Gasteiger charge is -2.24. The Morgan fingerprint density at radius 3 is 3.00 bits per heavy atom. The number of rotatable bonds is 2. The molecule has 1 atom stereocenters. The van der Waals surface area contributed by atoms with Gasteiger partial charge in [-0.25, -0.2) is 0 Å². The Labute approximate surface area is 112 Å². The number of aryl methyl sites for hydroxylation is 1. The lowest BCUT2D eigenvalue weighted by atomic mass is 10.0. The maximum Gasteiger partial charge on any atom is 0.0501 e. The van der Waals surface area contributed by atoms with Crippen molar-refractivity contribution in [3.63, 3.8) is 0 Å². The van der Waals surface area contributed by atoms with Gasteiger partial charge in [-0.2, -0.15) is 0 Å². The van der Waals surface area contributed by atoms with Crippen LogP contribution in [0.5, 0.6) is 0 Å². The van der Waals surface area contributed by atoms with Crippen LogP contribution in [0.4, 0.5) is 0 Å². The second-order valence-electron chi connectivity index (χ2n) is 4.97. The molecule has 3 nitrogen and oxygen atoms in total. The number of nitrogens with one attached hydrogen (secondary N) is 3. The zero-order chi connectivity index (χ0) is 12.5. The maximum absolute atomic E-state index is 6.15. The molecule has 96 valence electrons. The van der Waals surface area contributed by atoms with Crippen molar-refractivity contribution in [2.45, 2.75) is 19.4 Å². The van der Waals surface area contributed by atoms with Gasteiger partial charge in [-0.1, -0.05) is 17.7 Å². The molecule has 1 unspecified atom stereocenters. The summed E-state index contributed by atoms with van der Waals surface area (Å²) in [6.45, 7) is 5.22. The van der Waals surface area contributed by atoms with Crippen LogP contribution in [0.2, 0.25) is 5.02 Å². The monoisotopic (exact) mass is 263 g/mol. The summed E-state index contributed by atoms with van der Waals surface area (Å²) in [5, 5.41) is 9.09. The molecule has 18 heavy (non-hydrogen) atoms. The van der Waals surface area contributed by atoms with E-state index in [0.29, 0.717) is 6.04 Å². The van der Waals surface area contributed by atoms with Crippen LogP contribution >= 0.6 is 11.6 Å². The fourth-order valence-electron chi connectivity index (χ4n) is 2.67. The number of piperazine rings is 1. The molecular weight excluding hydrogens is 246 g/mol. The molecular formula is C14H18ClN3. The molecule has 1 aromatic heterocycles. The zero-order valence-electron chi connectivity index (χ0n) is 10.5. The second kappa shape index (κ2) is 4.92. The van der Waals surface area contributed by atoms with Crippen LogP contribution in [0.15, 0.2) is 18.3 Å². The van der Waals surface area contributed by atoms with Gasteiger partial charge in [0.1, 0.15) is 0 Å². The zero-order valence-corrected chi connectivity index (χ0v) is 11.3. The summed E-state index contributed by atoms with van der Waals surface area (Å²) in [5.74, 6) is 0. The average Bonchev–Trinajstić information content (AvgIpc) is 2.79. The van der Waals surface area contributed by atoms with E-state index in [0.717, 1.165) is 36.6 Å². The molecule has 1 fully saturated rings. The van der Waals surface area contributed by atoms with E-state index in [1.165, 1.54) is 16.5 Å². The third-order valence-electron chi connectivity index (χ3n) is 3.73. The molecule has 3 rings (SSSR count). The lowest BCUT2D eigenvalue weighted by molar-refractivity contribution is 0.417. The van der Waals surface area contributed by atoms with Gasteiger partial charge in [0.05, 0.1) is 5.52 Å². The number of halogens is 1. The Kier molecular flexibility index (Phi) is 3.29. The fourth-order valence-corrected chi connectivity index (χ4v) is 2.83.